The molecule has 7 heteroatoms. The molecule has 0 aromatic heterocycles. The van der Waals surface area contributed by atoms with Crippen LogP contribution in [0.4, 0.5) is 5.69 Å². The summed E-state index contributed by atoms with van der Waals surface area (Å²) in [6, 6.07) is 4.87. The molecule has 118 valence electrons. The summed E-state index contributed by atoms with van der Waals surface area (Å²) in [6.45, 7) is 0. The third-order valence-corrected chi connectivity index (χ3v) is 3.99. The van der Waals surface area contributed by atoms with Gasteiger partial charge >= 0.3 is 5.97 Å². The molecule has 0 spiro atoms. The van der Waals surface area contributed by atoms with Gasteiger partial charge in [-0.1, -0.05) is 19.3 Å². The fraction of sp³-hybridized carbons (Fsp3) is 0.467. The van der Waals surface area contributed by atoms with Crippen molar-refractivity contribution in [1.29, 1.82) is 0 Å². The Kier molecular flexibility index (Phi) is 5.08. The first-order chi connectivity index (χ1) is 10.5. The van der Waals surface area contributed by atoms with Crippen LogP contribution in [-0.4, -0.2) is 27.9 Å². The maximum Gasteiger partial charge on any atom is 0.308 e. The largest absolute Gasteiger partial charge is 0.481 e. The molecule has 1 amide bonds. The van der Waals surface area contributed by atoms with Crippen molar-refractivity contribution in [2.24, 2.45) is 5.92 Å². The molecule has 1 aromatic rings. The molecular formula is C15H18N2O5. The monoisotopic (exact) mass is 306 g/mol. The fourth-order valence-corrected chi connectivity index (χ4v) is 2.76. The van der Waals surface area contributed by atoms with Crippen LogP contribution in [0, 0.1) is 16.0 Å². The summed E-state index contributed by atoms with van der Waals surface area (Å²) in [5.74, 6) is -1.87. The highest BCUT2D eigenvalue weighted by molar-refractivity contribution is 5.94. The second kappa shape index (κ2) is 7.02. The Morgan fingerprint density at radius 1 is 1.14 bits per heavy atom. The number of nitrogens with one attached hydrogen (secondary N) is 1. The zero-order valence-electron chi connectivity index (χ0n) is 12.0. The molecule has 0 heterocycles. The van der Waals surface area contributed by atoms with Crippen LogP contribution in [0.1, 0.15) is 42.5 Å². The molecule has 0 unspecified atom stereocenters. The first-order valence-corrected chi connectivity index (χ1v) is 7.27. The maximum absolute atomic E-state index is 12.2. The zero-order valence-corrected chi connectivity index (χ0v) is 12.0. The number of non-ortho nitro benzene ring substituents is 1. The van der Waals surface area contributed by atoms with E-state index in [1.807, 2.05) is 0 Å². The Morgan fingerprint density at radius 2 is 1.77 bits per heavy atom. The Hall–Kier alpha value is -2.44. The van der Waals surface area contributed by atoms with Crippen LogP contribution in [0.5, 0.6) is 0 Å². The average Bonchev–Trinajstić information content (AvgIpc) is 2.72. The van der Waals surface area contributed by atoms with Gasteiger partial charge < -0.3 is 10.4 Å². The minimum absolute atomic E-state index is 0.0885. The van der Waals surface area contributed by atoms with Crippen molar-refractivity contribution < 1.29 is 19.6 Å². The van der Waals surface area contributed by atoms with Gasteiger partial charge in [0.05, 0.1) is 10.8 Å². The molecule has 1 aromatic carbocycles. The average molecular weight is 306 g/mol. The Bertz CT molecular complexity index is 570. The molecule has 2 atom stereocenters. The first kappa shape index (κ1) is 15.9. The maximum atomic E-state index is 12.2. The molecule has 1 saturated carbocycles. The molecule has 0 bridgehead atoms. The number of carboxylic acid groups (broad SMARTS) is 1. The van der Waals surface area contributed by atoms with Crippen LogP contribution in [0.3, 0.4) is 0 Å². The van der Waals surface area contributed by atoms with Crippen molar-refractivity contribution in [1.82, 2.24) is 5.32 Å². The number of amides is 1. The summed E-state index contributed by atoms with van der Waals surface area (Å²) in [4.78, 5) is 33.6. The van der Waals surface area contributed by atoms with Gasteiger partial charge in [0.15, 0.2) is 0 Å². The van der Waals surface area contributed by atoms with E-state index in [0.717, 1.165) is 19.3 Å². The van der Waals surface area contributed by atoms with Crippen molar-refractivity contribution in [3.8, 4) is 0 Å². The molecule has 2 N–H and O–H groups in total. The van der Waals surface area contributed by atoms with Crippen LogP contribution in [-0.2, 0) is 4.79 Å². The topological polar surface area (TPSA) is 110 Å². The van der Waals surface area contributed by atoms with Crippen molar-refractivity contribution in [3.63, 3.8) is 0 Å². The fourth-order valence-electron chi connectivity index (χ4n) is 2.76. The lowest BCUT2D eigenvalue weighted by Gasteiger charge is -2.22. The van der Waals surface area contributed by atoms with E-state index in [9.17, 15) is 24.8 Å². The molecule has 2 rings (SSSR count). The van der Waals surface area contributed by atoms with Crippen molar-refractivity contribution in [3.05, 3.63) is 39.9 Å². The lowest BCUT2D eigenvalue weighted by atomic mass is 9.94. The summed E-state index contributed by atoms with van der Waals surface area (Å²) in [7, 11) is 0. The molecule has 0 saturated heterocycles. The van der Waals surface area contributed by atoms with Gasteiger partial charge in [-0.15, -0.1) is 0 Å². The van der Waals surface area contributed by atoms with E-state index in [4.69, 9.17) is 0 Å². The SMILES string of the molecule is O=C(N[C@H]1CCCCC[C@H]1C(=O)O)c1ccc([N+](=O)[O-])cc1. The van der Waals surface area contributed by atoms with E-state index in [1.165, 1.54) is 24.3 Å². The standard InChI is InChI=1S/C15H18N2O5/c18-14(10-6-8-11(9-7-10)17(21)22)16-13-5-3-1-2-4-12(13)15(19)20/h6-9,12-13H,1-5H2,(H,16,18)(H,19,20)/t12-,13+/m1/s1. The molecule has 0 radical (unpaired) electrons. The van der Waals surface area contributed by atoms with Gasteiger partial charge in [0.2, 0.25) is 0 Å². The summed E-state index contributed by atoms with van der Waals surface area (Å²) in [5, 5.41) is 22.6. The van der Waals surface area contributed by atoms with Crippen LogP contribution in [0.25, 0.3) is 0 Å². The summed E-state index contributed by atoms with van der Waals surface area (Å²) < 4.78 is 0. The summed E-state index contributed by atoms with van der Waals surface area (Å²) in [6.07, 6.45) is 3.89. The van der Waals surface area contributed by atoms with Gasteiger partial charge in [0.1, 0.15) is 0 Å². The number of nitro groups is 1. The van der Waals surface area contributed by atoms with Crippen LogP contribution in [0.2, 0.25) is 0 Å². The van der Waals surface area contributed by atoms with Gasteiger partial charge in [-0.3, -0.25) is 19.7 Å². The second-order valence-corrected chi connectivity index (χ2v) is 5.47. The highest BCUT2D eigenvalue weighted by Crippen LogP contribution is 2.24. The van der Waals surface area contributed by atoms with E-state index >= 15 is 0 Å². The molecule has 22 heavy (non-hydrogen) atoms. The highest BCUT2D eigenvalue weighted by atomic mass is 16.6. The number of rotatable bonds is 4. The third-order valence-electron chi connectivity index (χ3n) is 3.99. The first-order valence-electron chi connectivity index (χ1n) is 7.27. The second-order valence-electron chi connectivity index (χ2n) is 5.47. The molecule has 7 nitrogen and oxygen atoms in total. The number of benzene rings is 1. The quantitative estimate of drug-likeness (QED) is 0.504. The lowest BCUT2D eigenvalue weighted by molar-refractivity contribution is -0.384. The van der Waals surface area contributed by atoms with Crippen molar-refractivity contribution in [2.75, 3.05) is 0 Å². The summed E-state index contributed by atoms with van der Waals surface area (Å²) >= 11 is 0. The van der Waals surface area contributed by atoms with E-state index in [2.05, 4.69) is 5.32 Å². The van der Waals surface area contributed by atoms with E-state index < -0.39 is 28.8 Å². The van der Waals surface area contributed by atoms with Crippen LogP contribution < -0.4 is 5.32 Å². The number of carboxylic acids is 1. The normalized spacial score (nSPS) is 21.6. The van der Waals surface area contributed by atoms with E-state index in [0.29, 0.717) is 18.4 Å². The Balaban J connectivity index is 2.08. The highest BCUT2D eigenvalue weighted by Gasteiger charge is 2.30. The van der Waals surface area contributed by atoms with Gasteiger partial charge in [0.25, 0.3) is 11.6 Å². The molecular weight excluding hydrogens is 288 g/mol. The van der Waals surface area contributed by atoms with Crippen molar-refractivity contribution >= 4 is 17.6 Å². The van der Waals surface area contributed by atoms with E-state index in [-0.39, 0.29) is 5.69 Å². The molecule has 0 aliphatic heterocycles. The number of hydrogen-bond acceptors (Lipinski definition) is 4. The van der Waals surface area contributed by atoms with Gasteiger partial charge in [0, 0.05) is 23.7 Å². The lowest BCUT2D eigenvalue weighted by Crippen LogP contribution is -2.42. The Morgan fingerprint density at radius 3 is 2.36 bits per heavy atom. The minimum Gasteiger partial charge on any atom is -0.481 e. The van der Waals surface area contributed by atoms with Crippen molar-refractivity contribution in [2.45, 2.75) is 38.1 Å². The third kappa shape index (κ3) is 3.81. The number of carbonyl (C=O) groups is 2. The predicted octanol–water partition coefficient (Wildman–Crippen LogP) is 2.36. The number of hydrogen-bond donors (Lipinski definition) is 2. The number of carbonyl (C=O) groups excluding carboxylic acids is 1. The van der Waals surface area contributed by atoms with Crippen LogP contribution >= 0.6 is 0 Å². The Labute approximate surface area is 127 Å². The minimum atomic E-state index is -0.893. The number of aliphatic carboxylic acids is 1. The van der Waals surface area contributed by atoms with Crippen LogP contribution in [0.15, 0.2) is 24.3 Å². The molecule has 1 aliphatic carbocycles. The summed E-state index contributed by atoms with van der Waals surface area (Å²) in [5.41, 5.74) is 0.202. The molecule has 1 aliphatic rings. The van der Waals surface area contributed by atoms with Gasteiger partial charge in [-0.05, 0) is 25.0 Å². The predicted molar refractivity (Wildman–Crippen MR) is 78.6 cm³/mol. The van der Waals surface area contributed by atoms with Gasteiger partial charge in [-0.25, -0.2) is 0 Å². The number of nitro benzene ring substituents is 1. The smallest absolute Gasteiger partial charge is 0.308 e. The van der Waals surface area contributed by atoms with Gasteiger partial charge in [-0.2, -0.15) is 0 Å². The van der Waals surface area contributed by atoms with E-state index in [1.54, 1.807) is 0 Å². The zero-order chi connectivity index (χ0) is 16.1. The molecule has 1 fully saturated rings. The number of nitrogens with zero attached hydrogens (tertiary/aromatic N) is 1.